The van der Waals surface area contributed by atoms with Crippen LogP contribution in [0.15, 0.2) is 18.2 Å². The Kier molecular flexibility index (Phi) is 8.79. The number of nitrogens with one attached hydrogen (secondary N) is 1. The molecule has 3 heteroatoms. The van der Waals surface area contributed by atoms with E-state index >= 15 is 0 Å². The molecule has 0 heterocycles. The predicted molar refractivity (Wildman–Crippen MR) is 95.4 cm³/mol. The number of hydrogen-bond donors (Lipinski definition) is 1. The summed E-state index contributed by atoms with van der Waals surface area (Å²) in [4.78, 5) is 2.44. The largest absolute Gasteiger partial charge is 0.371 e. The fraction of sp³-hybridized carbons (Fsp3) is 0.667. The topological polar surface area (TPSA) is 15.3 Å². The van der Waals surface area contributed by atoms with Crippen LogP contribution >= 0.6 is 11.6 Å². The summed E-state index contributed by atoms with van der Waals surface area (Å²) in [6.07, 6.45) is 3.62. The third-order valence-corrected chi connectivity index (χ3v) is 4.51. The first-order valence-corrected chi connectivity index (χ1v) is 8.77. The molecule has 21 heavy (non-hydrogen) atoms. The van der Waals surface area contributed by atoms with Gasteiger partial charge in [0.05, 0.1) is 0 Å². The molecule has 1 aromatic carbocycles. The summed E-state index contributed by atoms with van der Waals surface area (Å²) in [5.74, 6) is 0.759. The van der Waals surface area contributed by atoms with Crippen molar-refractivity contribution >= 4 is 17.3 Å². The van der Waals surface area contributed by atoms with Crippen LogP contribution in [0.4, 0.5) is 5.69 Å². The van der Waals surface area contributed by atoms with E-state index < -0.39 is 0 Å². The van der Waals surface area contributed by atoms with Crippen LogP contribution in [0.25, 0.3) is 0 Å². The molecule has 0 fully saturated rings. The zero-order valence-electron chi connectivity index (χ0n) is 14.1. The third-order valence-electron chi connectivity index (χ3n) is 4.16. The lowest BCUT2D eigenvalue weighted by molar-refractivity contribution is 0.486. The quantitative estimate of drug-likeness (QED) is 0.605. The molecule has 1 N–H and O–H groups in total. The van der Waals surface area contributed by atoms with Gasteiger partial charge in [-0.3, -0.25) is 0 Å². The summed E-state index contributed by atoms with van der Waals surface area (Å²) < 4.78 is 0. The summed E-state index contributed by atoms with van der Waals surface area (Å²) >= 11 is 6.45. The van der Waals surface area contributed by atoms with Gasteiger partial charge in [-0.15, -0.1) is 0 Å². The van der Waals surface area contributed by atoms with Crippen molar-refractivity contribution in [3.63, 3.8) is 0 Å². The van der Waals surface area contributed by atoms with Crippen molar-refractivity contribution in [1.29, 1.82) is 0 Å². The second-order valence-electron chi connectivity index (χ2n) is 5.67. The number of nitrogens with zero attached hydrogens (tertiary/aromatic N) is 1. The summed E-state index contributed by atoms with van der Waals surface area (Å²) in [5, 5.41) is 4.28. The average Bonchev–Trinajstić information content (AvgIpc) is 2.50. The van der Waals surface area contributed by atoms with Gasteiger partial charge in [-0.25, -0.2) is 0 Å². The summed E-state index contributed by atoms with van der Waals surface area (Å²) in [6, 6.07) is 6.49. The van der Waals surface area contributed by atoms with Crippen LogP contribution in [-0.4, -0.2) is 19.6 Å². The van der Waals surface area contributed by atoms with Crippen molar-refractivity contribution in [2.45, 2.75) is 53.5 Å². The van der Waals surface area contributed by atoms with Gasteiger partial charge in [0, 0.05) is 30.3 Å². The molecule has 0 spiro atoms. The molecule has 0 atom stereocenters. The van der Waals surface area contributed by atoms with E-state index in [-0.39, 0.29) is 0 Å². The molecule has 0 aliphatic heterocycles. The molecular weight excluding hydrogens is 280 g/mol. The monoisotopic (exact) mass is 310 g/mol. The zero-order valence-corrected chi connectivity index (χ0v) is 14.8. The predicted octanol–water partition coefficient (Wildman–Crippen LogP) is 5.10. The van der Waals surface area contributed by atoms with Crippen LogP contribution in [0.5, 0.6) is 0 Å². The molecule has 1 rings (SSSR count). The van der Waals surface area contributed by atoms with Crippen molar-refractivity contribution in [2.24, 2.45) is 5.92 Å². The number of rotatable bonds is 10. The van der Waals surface area contributed by atoms with Crippen LogP contribution in [0.2, 0.25) is 5.02 Å². The van der Waals surface area contributed by atoms with Crippen molar-refractivity contribution in [3.05, 3.63) is 28.8 Å². The van der Waals surface area contributed by atoms with Crippen LogP contribution in [0, 0.1) is 5.92 Å². The standard InChI is InChI=1S/C18H31ClN2/c1-5-11-20-13-16-9-10-17(12-18(16)19)21(8-4)14-15(6-2)7-3/h9-10,12,15,20H,5-8,11,13-14H2,1-4H3. The maximum absolute atomic E-state index is 6.45. The highest BCUT2D eigenvalue weighted by Gasteiger charge is 2.12. The molecule has 0 aliphatic rings. The molecule has 0 unspecified atom stereocenters. The van der Waals surface area contributed by atoms with Gasteiger partial charge in [-0.2, -0.15) is 0 Å². The van der Waals surface area contributed by atoms with E-state index in [0.717, 1.165) is 43.5 Å². The van der Waals surface area contributed by atoms with Gasteiger partial charge >= 0.3 is 0 Å². The number of anilines is 1. The Hall–Kier alpha value is -0.730. The fourth-order valence-corrected chi connectivity index (χ4v) is 2.79. The Morgan fingerprint density at radius 3 is 2.38 bits per heavy atom. The first-order valence-electron chi connectivity index (χ1n) is 8.40. The molecular formula is C18H31ClN2. The lowest BCUT2D eigenvalue weighted by Crippen LogP contribution is -2.29. The van der Waals surface area contributed by atoms with Gasteiger partial charge < -0.3 is 10.2 Å². The Balaban J connectivity index is 2.75. The molecule has 0 aliphatic carbocycles. The van der Waals surface area contributed by atoms with Crippen LogP contribution < -0.4 is 10.2 Å². The number of benzene rings is 1. The van der Waals surface area contributed by atoms with Gasteiger partial charge in [0.15, 0.2) is 0 Å². The maximum Gasteiger partial charge on any atom is 0.0471 e. The zero-order chi connectivity index (χ0) is 15.7. The molecule has 0 saturated carbocycles. The van der Waals surface area contributed by atoms with Crippen molar-refractivity contribution in [2.75, 3.05) is 24.5 Å². The highest BCUT2D eigenvalue weighted by molar-refractivity contribution is 6.31. The molecule has 1 aromatic rings. The average molecular weight is 311 g/mol. The first kappa shape index (κ1) is 18.3. The maximum atomic E-state index is 6.45. The van der Waals surface area contributed by atoms with E-state index in [1.54, 1.807) is 0 Å². The Morgan fingerprint density at radius 2 is 1.86 bits per heavy atom. The lowest BCUT2D eigenvalue weighted by atomic mass is 10.0. The molecule has 2 nitrogen and oxygen atoms in total. The normalized spacial score (nSPS) is 11.1. The number of hydrogen-bond acceptors (Lipinski definition) is 2. The molecule has 0 saturated heterocycles. The smallest absolute Gasteiger partial charge is 0.0471 e. The van der Waals surface area contributed by atoms with Crippen molar-refractivity contribution in [3.8, 4) is 0 Å². The van der Waals surface area contributed by atoms with Gasteiger partial charge in [0.2, 0.25) is 0 Å². The lowest BCUT2D eigenvalue weighted by Gasteiger charge is -2.28. The van der Waals surface area contributed by atoms with Crippen LogP contribution in [-0.2, 0) is 6.54 Å². The van der Waals surface area contributed by atoms with Crippen molar-refractivity contribution < 1.29 is 0 Å². The minimum Gasteiger partial charge on any atom is -0.371 e. The van der Waals surface area contributed by atoms with Crippen LogP contribution in [0.1, 0.15) is 52.5 Å². The van der Waals surface area contributed by atoms with Gasteiger partial charge in [0.25, 0.3) is 0 Å². The first-order chi connectivity index (χ1) is 10.2. The highest BCUT2D eigenvalue weighted by Crippen LogP contribution is 2.25. The van der Waals surface area contributed by atoms with Crippen molar-refractivity contribution in [1.82, 2.24) is 5.32 Å². The van der Waals surface area contributed by atoms with Gasteiger partial charge in [-0.05, 0) is 43.5 Å². The minimum atomic E-state index is 0.759. The highest BCUT2D eigenvalue weighted by atomic mass is 35.5. The molecule has 120 valence electrons. The van der Waals surface area contributed by atoms with Gasteiger partial charge in [-0.1, -0.05) is 51.3 Å². The SMILES string of the molecule is CCCNCc1ccc(N(CC)CC(CC)CC)cc1Cl. The second kappa shape index (κ2) is 10.1. The summed E-state index contributed by atoms with van der Waals surface area (Å²) in [5.41, 5.74) is 2.43. The van der Waals surface area contributed by atoms with E-state index in [0.29, 0.717) is 0 Å². The Morgan fingerprint density at radius 1 is 1.14 bits per heavy atom. The van der Waals surface area contributed by atoms with E-state index in [9.17, 15) is 0 Å². The summed E-state index contributed by atoms with van der Waals surface area (Å²) in [6.45, 7) is 13.0. The second-order valence-corrected chi connectivity index (χ2v) is 6.08. The van der Waals surface area contributed by atoms with Gasteiger partial charge in [0.1, 0.15) is 0 Å². The summed E-state index contributed by atoms with van der Waals surface area (Å²) in [7, 11) is 0. The molecule has 0 amide bonds. The van der Waals surface area contributed by atoms with E-state index in [2.05, 4.69) is 56.1 Å². The Labute approximate surface area is 135 Å². The van der Waals surface area contributed by atoms with E-state index in [4.69, 9.17) is 11.6 Å². The fourth-order valence-electron chi connectivity index (χ4n) is 2.55. The number of halogens is 1. The third kappa shape index (κ3) is 5.88. The van der Waals surface area contributed by atoms with Crippen LogP contribution in [0.3, 0.4) is 0 Å². The van der Waals surface area contributed by atoms with E-state index in [1.807, 2.05) is 0 Å². The molecule has 0 radical (unpaired) electrons. The molecule has 0 aromatic heterocycles. The molecule has 0 bridgehead atoms. The minimum absolute atomic E-state index is 0.759. The Bertz CT molecular complexity index is 402. The van der Waals surface area contributed by atoms with E-state index in [1.165, 1.54) is 24.1 Å².